The molecule has 0 saturated heterocycles. The number of ketones is 1. The number of benzene rings is 3. The second-order valence-corrected chi connectivity index (χ2v) is 9.38. The summed E-state index contributed by atoms with van der Waals surface area (Å²) in [7, 11) is 2.03. The van der Waals surface area contributed by atoms with Crippen LogP contribution in [-0.4, -0.2) is 38.8 Å². The van der Waals surface area contributed by atoms with Gasteiger partial charge in [0.05, 0.1) is 11.4 Å². The van der Waals surface area contributed by atoms with Gasteiger partial charge in [-0.15, -0.1) is 5.10 Å². The third-order valence-electron chi connectivity index (χ3n) is 4.81. The predicted octanol–water partition coefficient (Wildman–Crippen LogP) is 5.02. The van der Waals surface area contributed by atoms with E-state index in [4.69, 9.17) is 0 Å². The third-order valence-corrected chi connectivity index (χ3v) is 6.74. The van der Waals surface area contributed by atoms with E-state index < -0.39 is 0 Å². The topological polar surface area (TPSA) is 63.9 Å². The Bertz CT molecular complexity index is 1200. The fourth-order valence-corrected chi connectivity index (χ4v) is 4.84. The SMILES string of the molecule is Cc1ccccc1-n1nnnc1SCC(=O)Cc1cccc(SN(C)c2ccccc2)c1. The van der Waals surface area contributed by atoms with E-state index in [-0.39, 0.29) is 5.78 Å². The largest absolute Gasteiger partial charge is 0.315 e. The maximum absolute atomic E-state index is 12.7. The molecule has 6 nitrogen and oxygen atoms in total. The number of hydrogen-bond acceptors (Lipinski definition) is 7. The lowest BCUT2D eigenvalue weighted by Gasteiger charge is -2.18. The van der Waals surface area contributed by atoms with Gasteiger partial charge in [0.25, 0.3) is 0 Å². The van der Waals surface area contributed by atoms with Gasteiger partial charge in [0.15, 0.2) is 0 Å². The summed E-state index contributed by atoms with van der Waals surface area (Å²) in [4.78, 5) is 13.8. The van der Waals surface area contributed by atoms with Gasteiger partial charge in [0, 0.05) is 24.1 Å². The molecule has 3 aromatic carbocycles. The number of anilines is 1. The normalized spacial score (nSPS) is 10.8. The number of rotatable bonds is 9. The number of aryl methyl sites for hydroxylation is 1. The Balaban J connectivity index is 1.36. The highest BCUT2D eigenvalue weighted by Crippen LogP contribution is 2.28. The third kappa shape index (κ3) is 5.57. The number of carbonyl (C=O) groups is 1. The maximum atomic E-state index is 12.7. The molecule has 0 unspecified atom stereocenters. The van der Waals surface area contributed by atoms with Gasteiger partial charge in [0.1, 0.15) is 5.78 Å². The van der Waals surface area contributed by atoms with Crippen LogP contribution in [0.25, 0.3) is 5.69 Å². The average molecular weight is 462 g/mol. The Morgan fingerprint density at radius 3 is 2.59 bits per heavy atom. The summed E-state index contributed by atoms with van der Waals surface area (Å²) >= 11 is 3.00. The molecule has 0 N–H and O–H groups in total. The number of tetrazole rings is 1. The van der Waals surface area contributed by atoms with E-state index in [1.165, 1.54) is 11.8 Å². The number of para-hydroxylation sites is 2. The van der Waals surface area contributed by atoms with Crippen LogP contribution in [0, 0.1) is 6.92 Å². The van der Waals surface area contributed by atoms with Gasteiger partial charge in [-0.1, -0.05) is 60.3 Å². The highest BCUT2D eigenvalue weighted by atomic mass is 32.2. The van der Waals surface area contributed by atoms with Crippen molar-refractivity contribution in [3.8, 4) is 5.69 Å². The number of aromatic nitrogens is 4. The maximum Gasteiger partial charge on any atom is 0.214 e. The van der Waals surface area contributed by atoms with Gasteiger partial charge in [-0.05, 0) is 70.8 Å². The minimum atomic E-state index is 0.132. The molecule has 0 aliphatic rings. The molecule has 162 valence electrons. The summed E-state index contributed by atoms with van der Waals surface area (Å²) in [6.07, 6.45) is 0.377. The number of thioether (sulfide) groups is 1. The van der Waals surface area contributed by atoms with Gasteiger partial charge in [-0.25, -0.2) is 0 Å². The summed E-state index contributed by atoms with van der Waals surface area (Å²) in [5, 5.41) is 12.6. The molecule has 0 bridgehead atoms. The van der Waals surface area contributed by atoms with E-state index in [2.05, 4.69) is 44.1 Å². The molecule has 8 heteroatoms. The van der Waals surface area contributed by atoms with Gasteiger partial charge in [0.2, 0.25) is 5.16 Å². The van der Waals surface area contributed by atoms with E-state index in [1.54, 1.807) is 16.6 Å². The van der Waals surface area contributed by atoms with Crippen molar-refractivity contribution < 1.29 is 4.79 Å². The zero-order valence-electron chi connectivity index (χ0n) is 17.9. The molecular weight excluding hydrogens is 438 g/mol. The van der Waals surface area contributed by atoms with Gasteiger partial charge in [-0.2, -0.15) is 4.68 Å². The van der Waals surface area contributed by atoms with Crippen LogP contribution < -0.4 is 4.31 Å². The lowest BCUT2D eigenvalue weighted by molar-refractivity contribution is -0.116. The number of nitrogens with zero attached hydrogens (tertiary/aromatic N) is 5. The summed E-state index contributed by atoms with van der Waals surface area (Å²) in [5.74, 6) is 0.445. The average Bonchev–Trinajstić information content (AvgIpc) is 3.27. The molecule has 0 aliphatic carbocycles. The Labute approximate surface area is 196 Å². The van der Waals surface area contributed by atoms with E-state index in [1.807, 2.05) is 68.6 Å². The second-order valence-electron chi connectivity index (χ2n) is 7.24. The standard InChI is InChI=1S/C24H23N5OS2/c1-18-9-6-7-14-23(18)29-24(25-26-27-29)31-17-21(30)15-19-10-8-13-22(16-19)32-28(2)20-11-4-3-5-12-20/h3-14,16H,15,17H2,1-2H3. The van der Waals surface area contributed by atoms with Crippen LogP contribution in [0.15, 0.2) is 88.9 Å². The van der Waals surface area contributed by atoms with Gasteiger partial charge in [-0.3, -0.25) is 4.79 Å². The molecular formula is C24H23N5OS2. The zero-order valence-corrected chi connectivity index (χ0v) is 19.5. The van der Waals surface area contributed by atoms with Crippen molar-refractivity contribution in [2.75, 3.05) is 17.1 Å². The zero-order chi connectivity index (χ0) is 22.3. The van der Waals surface area contributed by atoms with Crippen molar-refractivity contribution in [2.45, 2.75) is 23.4 Å². The van der Waals surface area contributed by atoms with Crippen LogP contribution in [0.5, 0.6) is 0 Å². The first-order valence-electron chi connectivity index (χ1n) is 10.1. The van der Waals surface area contributed by atoms with Crippen molar-refractivity contribution in [1.29, 1.82) is 0 Å². The van der Waals surface area contributed by atoms with Crippen molar-refractivity contribution in [2.24, 2.45) is 0 Å². The molecule has 0 radical (unpaired) electrons. The minimum Gasteiger partial charge on any atom is -0.315 e. The van der Waals surface area contributed by atoms with E-state index in [9.17, 15) is 4.79 Å². The lowest BCUT2D eigenvalue weighted by atomic mass is 10.1. The predicted molar refractivity (Wildman–Crippen MR) is 130 cm³/mol. The van der Waals surface area contributed by atoms with Crippen molar-refractivity contribution in [3.63, 3.8) is 0 Å². The first-order valence-corrected chi connectivity index (χ1v) is 11.9. The van der Waals surface area contributed by atoms with E-state index in [0.717, 1.165) is 27.4 Å². The summed E-state index contributed by atoms with van der Waals surface area (Å²) in [6.45, 7) is 2.01. The first-order chi connectivity index (χ1) is 15.6. The summed E-state index contributed by atoms with van der Waals surface area (Å²) in [6, 6.07) is 26.2. The molecule has 0 atom stereocenters. The molecule has 32 heavy (non-hydrogen) atoms. The molecule has 4 rings (SSSR count). The van der Waals surface area contributed by atoms with Gasteiger partial charge < -0.3 is 4.31 Å². The van der Waals surface area contributed by atoms with Crippen molar-refractivity contribution in [1.82, 2.24) is 20.2 Å². The number of Topliss-reactive ketones (excluding diaryl/α,β-unsaturated/α-hetero) is 1. The lowest BCUT2D eigenvalue weighted by Crippen LogP contribution is -2.08. The van der Waals surface area contributed by atoms with Gasteiger partial charge >= 0.3 is 0 Å². The fourth-order valence-electron chi connectivity index (χ4n) is 3.21. The molecule has 0 aliphatic heterocycles. The Hall–Kier alpha value is -3.10. The molecule has 1 aromatic heterocycles. The highest BCUT2D eigenvalue weighted by Gasteiger charge is 2.13. The van der Waals surface area contributed by atoms with Crippen LogP contribution in [0.4, 0.5) is 5.69 Å². The monoisotopic (exact) mass is 461 g/mol. The molecule has 0 amide bonds. The minimum absolute atomic E-state index is 0.132. The van der Waals surface area contributed by atoms with Crippen molar-refractivity contribution >= 4 is 35.2 Å². The number of carbonyl (C=O) groups excluding carboxylic acids is 1. The van der Waals surface area contributed by atoms with E-state index >= 15 is 0 Å². The fraction of sp³-hybridized carbons (Fsp3) is 0.167. The summed E-state index contributed by atoms with van der Waals surface area (Å²) < 4.78 is 3.80. The smallest absolute Gasteiger partial charge is 0.214 e. The second kappa shape index (κ2) is 10.5. The van der Waals surface area contributed by atoms with Crippen LogP contribution in [0.1, 0.15) is 11.1 Å². The van der Waals surface area contributed by atoms with Crippen LogP contribution in [0.3, 0.4) is 0 Å². The summed E-state index contributed by atoms with van der Waals surface area (Å²) in [5.41, 5.74) is 4.12. The van der Waals surface area contributed by atoms with Crippen molar-refractivity contribution in [3.05, 3.63) is 90.0 Å². The molecule has 0 fully saturated rings. The Morgan fingerprint density at radius 2 is 1.78 bits per heavy atom. The van der Waals surface area contributed by atoms with Crippen LogP contribution in [-0.2, 0) is 11.2 Å². The Morgan fingerprint density at radius 1 is 1.00 bits per heavy atom. The molecule has 4 aromatic rings. The number of hydrogen-bond donors (Lipinski definition) is 0. The first kappa shape index (κ1) is 22.1. The highest BCUT2D eigenvalue weighted by molar-refractivity contribution is 8.00. The van der Waals surface area contributed by atoms with E-state index in [0.29, 0.717) is 17.3 Å². The Kier molecular flexibility index (Phi) is 7.24. The molecule has 0 saturated carbocycles. The van der Waals surface area contributed by atoms with Crippen LogP contribution in [0.2, 0.25) is 0 Å². The molecule has 0 spiro atoms. The van der Waals surface area contributed by atoms with Crippen LogP contribution >= 0.6 is 23.7 Å². The quantitative estimate of drug-likeness (QED) is 0.256. The molecule has 1 heterocycles.